The fourth-order valence-corrected chi connectivity index (χ4v) is 2.63. The van der Waals surface area contributed by atoms with Crippen LogP contribution in [0.2, 0.25) is 36.3 Å². The SMILES string of the molecule is [2H]C([2H])(C[C@H](C=O)[C@@H](O)C([2H])([2H])O[Si](C)(C)C(C)(C)C)O[Si](C)(C)C(C)(C)C. The molecule has 6 heteroatoms. The van der Waals surface area contributed by atoms with Crippen LogP contribution >= 0.6 is 0 Å². The van der Waals surface area contributed by atoms with Gasteiger partial charge in [0.2, 0.25) is 0 Å². The Bertz CT molecular complexity index is 541. The maximum absolute atomic E-state index is 11.6. The van der Waals surface area contributed by atoms with Crippen molar-refractivity contribution in [2.24, 2.45) is 5.92 Å². The van der Waals surface area contributed by atoms with Crippen molar-refractivity contribution in [3.63, 3.8) is 0 Å². The van der Waals surface area contributed by atoms with Crippen LogP contribution in [0.1, 0.15) is 53.4 Å². The molecule has 0 aliphatic carbocycles. The molecule has 0 spiro atoms. The molecule has 144 valence electrons. The van der Waals surface area contributed by atoms with Crippen molar-refractivity contribution < 1.29 is 24.2 Å². The Morgan fingerprint density at radius 1 is 1.00 bits per heavy atom. The number of aliphatic hydroxyl groups is 1. The van der Waals surface area contributed by atoms with Crippen LogP contribution in [0.15, 0.2) is 0 Å². The van der Waals surface area contributed by atoms with E-state index in [0.717, 1.165) is 0 Å². The summed E-state index contributed by atoms with van der Waals surface area (Å²) in [6.07, 6.45) is -1.84. The number of hydrogen-bond acceptors (Lipinski definition) is 4. The second kappa shape index (κ2) is 8.58. The van der Waals surface area contributed by atoms with Crippen molar-refractivity contribution in [3.05, 3.63) is 0 Å². The van der Waals surface area contributed by atoms with Crippen LogP contribution in [0.25, 0.3) is 0 Å². The molecule has 0 aliphatic heterocycles. The Hall–Kier alpha value is -0.0162. The maximum Gasteiger partial charge on any atom is 0.192 e. The first-order chi connectivity index (χ1) is 12.0. The van der Waals surface area contributed by atoms with Gasteiger partial charge in [0, 0.05) is 12.5 Å². The van der Waals surface area contributed by atoms with Crippen molar-refractivity contribution in [2.45, 2.75) is 90.3 Å². The molecule has 0 heterocycles. The third-order valence-electron chi connectivity index (χ3n) is 5.27. The van der Waals surface area contributed by atoms with Crippen molar-refractivity contribution >= 4 is 22.9 Å². The van der Waals surface area contributed by atoms with E-state index in [1.165, 1.54) is 0 Å². The molecule has 0 aromatic carbocycles. The molecular formula is C18H40O4Si2. The monoisotopic (exact) mass is 380 g/mol. The summed E-state index contributed by atoms with van der Waals surface area (Å²) in [5, 5.41) is 10.1. The summed E-state index contributed by atoms with van der Waals surface area (Å²) in [5.41, 5.74) is 0. The Labute approximate surface area is 157 Å². The highest BCUT2D eigenvalue weighted by atomic mass is 28.4. The van der Waals surface area contributed by atoms with Crippen molar-refractivity contribution in [2.75, 3.05) is 13.1 Å². The van der Waals surface area contributed by atoms with E-state index in [-0.39, 0.29) is 10.1 Å². The number of rotatable bonds is 9. The summed E-state index contributed by atoms with van der Waals surface area (Å²) in [6, 6.07) is 0. The largest absolute Gasteiger partial charge is 0.417 e. The van der Waals surface area contributed by atoms with Gasteiger partial charge in [-0.1, -0.05) is 41.5 Å². The molecule has 0 aromatic rings. The highest BCUT2D eigenvalue weighted by molar-refractivity contribution is 6.74. The second-order valence-electron chi connectivity index (χ2n) is 9.44. The molecule has 0 fully saturated rings. The zero-order valence-electron chi connectivity index (χ0n) is 21.1. The molecule has 24 heavy (non-hydrogen) atoms. The maximum atomic E-state index is 11.6. The van der Waals surface area contributed by atoms with E-state index in [2.05, 4.69) is 0 Å². The predicted octanol–water partition coefficient (Wildman–Crippen LogP) is 4.60. The fourth-order valence-electron chi connectivity index (χ4n) is 1.15. The molecule has 0 unspecified atom stereocenters. The van der Waals surface area contributed by atoms with Gasteiger partial charge in [-0.15, -0.1) is 0 Å². The van der Waals surface area contributed by atoms with Crippen LogP contribution in [0.3, 0.4) is 0 Å². The van der Waals surface area contributed by atoms with E-state index in [0.29, 0.717) is 6.29 Å². The van der Waals surface area contributed by atoms with E-state index in [1.54, 1.807) is 0 Å². The van der Waals surface area contributed by atoms with Crippen LogP contribution < -0.4 is 0 Å². The fraction of sp³-hybridized carbons (Fsp3) is 0.944. The zero-order chi connectivity index (χ0) is 23.0. The number of carbonyl (C=O) groups is 1. The Balaban J connectivity index is 5.48. The van der Waals surface area contributed by atoms with Gasteiger partial charge in [-0.05, 0) is 42.7 Å². The highest BCUT2D eigenvalue weighted by Gasteiger charge is 2.39. The molecule has 4 nitrogen and oxygen atoms in total. The molecule has 0 bridgehead atoms. The molecule has 1 N–H and O–H groups in total. The van der Waals surface area contributed by atoms with Gasteiger partial charge < -0.3 is 18.8 Å². The lowest BCUT2D eigenvalue weighted by Gasteiger charge is -2.37. The predicted molar refractivity (Wildman–Crippen MR) is 106 cm³/mol. The third-order valence-corrected chi connectivity index (χ3v) is 13.8. The van der Waals surface area contributed by atoms with Crippen LogP contribution in [-0.2, 0) is 13.6 Å². The van der Waals surface area contributed by atoms with Crippen molar-refractivity contribution in [3.8, 4) is 0 Å². The molecule has 0 amide bonds. The first kappa shape index (κ1) is 17.4. The van der Waals surface area contributed by atoms with Crippen LogP contribution in [0.5, 0.6) is 0 Å². The lowest BCUT2D eigenvalue weighted by atomic mass is 10.0. The summed E-state index contributed by atoms with van der Waals surface area (Å²) < 4.78 is 44.4. The van der Waals surface area contributed by atoms with Gasteiger partial charge in [0.25, 0.3) is 0 Å². The van der Waals surface area contributed by atoms with Crippen molar-refractivity contribution in [1.29, 1.82) is 0 Å². The van der Waals surface area contributed by atoms with Gasteiger partial charge in [-0.25, -0.2) is 0 Å². The van der Waals surface area contributed by atoms with E-state index in [9.17, 15) is 9.90 Å². The summed E-state index contributed by atoms with van der Waals surface area (Å²) >= 11 is 0. The van der Waals surface area contributed by atoms with Crippen LogP contribution in [0.4, 0.5) is 0 Å². The lowest BCUT2D eigenvalue weighted by Crippen LogP contribution is -2.44. The molecule has 0 radical (unpaired) electrons. The third kappa shape index (κ3) is 7.08. The zero-order valence-corrected chi connectivity index (χ0v) is 19.1. The average Bonchev–Trinajstić information content (AvgIpc) is 2.39. The van der Waals surface area contributed by atoms with Gasteiger partial charge in [0.1, 0.15) is 6.29 Å². The molecule has 0 saturated heterocycles. The molecule has 0 aromatic heterocycles. The minimum Gasteiger partial charge on any atom is -0.417 e. The summed E-state index contributed by atoms with van der Waals surface area (Å²) in [5.74, 6) is -1.29. The molecule has 0 rings (SSSR count). The molecular weight excluding hydrogens is 336 g/mol. The Kier molecular flexibility index (Phi) is 6.22. The number of aldehydes is 1. The Morgan fingerprint density at radius 2 is 1.42 bits per heavy atom. The van der Waals surface area contributed by atoms with Gasteiger partial charge in [-0.2, -0.15) is 0 Å². The van der Waals surface area contributed by atoms with E-state index >= 15 is 0 Å². The Morgan fingerprint density at radius 3 is 1.79 bits per heavy atom. The topological polar surface area (TPSA) is 55.8 Å². The number of aliphatic hydroxyl groups excluding tert-OH is 1. The van der Waals surface area contributed by atoms with Gasteiger partial charge >= 0.3 is 0 Å². The van der Waals surface area contributed by atoms with Crippen LogP contribution in [-0.4, -0.2) is 47.2 Å². The smallest absolute Gasteiger partial charge is 0.192 e. The quantitative estimate of drug-likeness (QED) is 0.469. The van der Waals surface area contributed by atoms with E-state index < -0.39 is 48.2 Å². The van der Waals surface area contributed by atoms with E-state index in [1.807, 2.05) is 67.7 Å². The standard InChI is InChI=1S/C18H40O4Si2/c1-17(2,3)23(7,8)21-12-11-15(13-19)16(20)14-22-24(9,10)18(4,5)6/h13,15-16,20H,11-12,14H2,1-10H3/t15-,16+/m1/s1/i12D2,14D2. The van der Waals surface area contributed by atoms with Gasteiger partial charge in [0.05, 0.1) is 18.1 Å². The lowest BCUT2D eigenvalue weighted by molar-refractivity contribution is -0.115. The van der Waals surface area contributed by atoms with Gasteiger partial charge in [0.15, 0.2) is 16.6 Å². The second-order valence-corrected chi connectivity index (χ2v) is 18.9. The van der Waals surface area contributed by atoms with Crippen molar-refractivity contribution in [1.82, 2.24) is 0 Å². The van der Waals surface area contributed by atoms with Gasteiger partial charge in [-0.3, -0.25) is 0 Å². The average molecular weight is 381 g/mol. The minimum atomic E-state index is -2.55. The first-order valence-corrected chi connectivity index (χ1v) is 14.3. The molecule has 0 saturated carbocycles. The number of carbonyl (C=O) groups excluding carboxylic acids is 1. The molecule has 2 atom stereocenters. The van der Waals surface area contributed by atoms with Crippen LogP contribution in [0, 0.1) is 5.92 Å². The normalized spacial score (nSPS) is 20.5. The first-order valence-electron chi connectivity index (χ1n) is 10.5. The summed E-state index contributed by atoms with van der Waals surface area (Å²) in [4.78, 5) is 11.6. The molecule has 0 aliphatic rings. The van der Waals surface area contributed by atoms with E-state index in [4.69, 9.17) is 14.3 Å². The summed E-state index contributed by atoms with van der Waals surface area (Å²) in [7, 11) is -5.01. The highest BCUT2D eigenvalue weighted by Crippen LogP contribution is 2.37. The minimum absolute atomic E-state index is 0.226. The number of hydrogen-bond donors (Lipinski definition) is 1. The summed E-state index contributed by atoms with van der Waals surface area (Å²) in [6.45, 7) is 14.7.